The zero-order chi connectivity index (χ0) is 75.4. The molecule has 2 heterocycles. The Labute approximate surface area is 660 Å². The highest BCUT2D eigenvalue weighted by Gasteiger charge is 2.19. The van der Waals surface area contributed by atoms with Crippen molar-refractivity contribution in [3.05, 3.63) is 437 Å². The van der Waals surface area contributed by atoms with Crippen molar-refractivity contribution in [1.29, 1.82) is 0 Å². The van der Waals surface area contributed by atoms with E-state index in [1.807, 2.05) is 24.3 Å². The summed E-state index contributed by atoms with van der Waals surface area (Å²) in [6.07, 6.45) is 0. The molecule has 4 heteroatoms. The van der Waals surface area contributed by atoms with E-state index in [1.165, 1.54) is 109 Å². The Kier molecular flexibility index (Phi) is 16.9. The SMILES string of the molecule is c1ccc(-c2ccc(N(c3ccc(-c4ccc(-c5ccc6c(ccc7ccccc76)c5)cc4)cc3)c3ccc(-c4ccc5oc6ccccc6c5c4)cc3)cc2)cc1.c1ccc(-c2ccc(N(c3ccc(-c4ccc5oc6ccccc6c5c4)cc3)c3ccc4cc(-c5ccc6c(ccc7ccccc76)c5)ccc4c3)cc2)cc1. The Balaban J connectivity index is 0.000000143. The van der Waals surface area contributed by atoms with Gasteiger partial charge in [0.05, 0.1) is 0 Å². The van der Waals surface area contributed by atoms with Gasteiger partial charge in [-0.3, -0.25) is 0 Å². The number of hydrogen-bond acceptors (Lipinski definition) is 4. The average molecular weight is 1450 g/mol. The fourth-order valence-corrected chi connectivity index (χ4v) is 16.8. The van der Waals surface area contributed by atoms with Gasteiger partial charge in [-0.1, -0.05) is 309 Å². The lowest BCUT2D eigenvalue weighted by Gasteiger charge is -2.26. The third-order valence-electron chi connectivity index (χ3n) is 22.7. The van der Waals surface area contributed by atoms with Gasteiger partial charge >= 0.3 is 0 Å². The molecule has 0 bridgehead atoms. The lowest BCUT2D eigenvalue weighted by molar-refractivity contribution is 0.668. The van der Waals surface area contributed by atoms with Gasteiger partial charge < -0.3 is 18.6 Å². The number of fused-ring (bicyclic) bond motifs is 13. The molecule has 0 radical (unpaired) electrons. The van der Waals surface area contributed by atoms with E-state index in [2.05, 4.69) is 422 Å². The van der Waals surface area contributed by atoms with Gasteiger partial charge in [0.1, 0.15) is 22.3 Å². The van der Waals surface area contributed by atoms with Gasteiger partial charge in [0.25, 0.3) is 0 Å². The predicted molar refractivity (Wildman–Crippen MR) is 482 cm³/mol. The summed E-state index contributed by atoms with van der Waals surface area (Å²) in [6, 6.07) is 157. The summed E-state index contributed by atoms with van der Waals surface area (Å²) < 4.78 is 12.2. The number of para-hydroxylation sites is 2. The van der Waals surface area contributed by atoms with Crippen molar-refractivity contribution in [2.75, 3.05) is 9.80 Å². The summed E-state index contributed by atoms with van der Waals surface area (Å²) >= 11 is 0. The Hall–Kier alpha value is -15.1. The van der Waals surface area contributed by atoms with Gasteiger partial charge in [0, 0.05) is 55.7 Å². The first-order valence-corrected chi connectivity index (χ1v) is 39.0. The highest BCUT2D eigenvalue weighted by Crippen LogP contribution is 2.44. The topological polar surface area (TPSA) is 32.8 Å². The molecule has 0 N–H and O–H groups in total. The van der Waals surface area contributed by atoms with Crippen LogP contribution in [0.2, 0.25) is 0 Å². The number of nitrogens with zero attached hydrogens (tertiary/aromatic N) is 2. The largest absolute Gasteiger partial charge is 0.456 e. The van der Waals surface area contributed by atoms with E-state index in [9.17, 15) is 0 Å². The van der Waals surface area contributed by atoms with E-state index in [0.29, 0.717) is 0 Å². The molecule has 0 amide bonds. The second-order valence-corrected chi connectivity index (χ2v) is 29.5. The Morgan fingerprint density at radius 1 is 0.123 bits per heavy atom. The second kappa shape index (κ2) is 28.7. The molecule has 0 aliphatic carbocycles. The summed E-state index contributed by atoms with van der Waals surface area (Å²) in [5.74, 6) is 0. The van der Waals surface area contributed by atoms with Crippen LogP contribution in [0.15, 0.2) is 446 Å². The van der Waals surface area contributed by atoms with Gasteiger partial charge in [-0.05, 0) is 259 Å². The standard InChI is InChI=1S/C56H37NO.C54H35NO/c1-2-8-38(9-3-1)40-20-28-48(29-21-40)57(50-32-24-43(25-33-50)46-27-35-56-54(37-46)53-12-6-7-13-55(53)58-56)49-30-22-41(23-31-49)39-14-16-42(17-15-39)45-26-34-52-47(36-45)19-18-44-10-4-5-11-51(44)52;1-2-8-36(9-3-1)37-18-25-46(26-19-37)55(47-27-20-38(21-28-47)44-24-31-54-52(35-44)51-12-6-7-13-53(51)56-54)48-29-22-41-32-40(15-16-43(41)34-48)42-23-30-50-45(33-42)17-14-39-10-4-5-11-49(39)50/h1-37H;1-35H. The minimum atomic E-state index is 0.907. The minimum absolute atomic E-state index is 0.907. The highest BCUT2D eigenvalue weighted by atomic mass is 16.3. The summed E-state index contributed by atoms with van der Waals surface area (Å²) in [4.78, 5) is 4.69. The van der Waals surface area contributed by atoms with Crippen LogP contribution in [-0.4, -0.2) is 0 Å². The van der Waals surface area contributed by atoms with Crippen LogP contribution < -0.4 is 9.80 Å². The first-order valence-electron chi connectivity index (χ1n) is 39.0. The molecule has 114 heavy (non-hydrogen) atoms. The number of rotatable bonds is 13. The number of benzene rings is 20. The highest BCUT2D eigenvalue weighted by molar-refractivity contribution is 6.11. The van der Waals surface area contributed by atoms with Gasteiger partial charge in [0.2, 0.25) is 0 Å². The molecule has 0 unspecified atom stereocenters. The molecule has 20 aromatic carbocycles. The molecule has 22 aromatic rings. The van der Waals surface area contributed by atoms with Crippen LogP contribution in [0.5, 0.6) is 0 Å². The molecule has 0 atom stereocenters. The van der Waals surface area contributed by atoms with E-state index in [4.69, 9.17) is 8.83 Å². The molecule has 22 rings (SSSR count). The fourth-order valence-electron chi connectivity index (χ4n) is 16.8. The minimum Gasteiger partial charge on any atom is -0.456 e. The first-order chi connectivity index (χ1) is 56.4. The zero-order valence-electron chi connectivity index (χ0n) is 62.3. The first kappa shape index (κ1) is 67.0. The molecule has 0 fully saturated rings. The van der Waals surface area contributed by atoms with Crippen molar-refractivity contribution in [2.45, 2.75) is 0 Å². The quantitative estimate of drug-likeness (QED) is 0.108. The van der Waals surface area contributed by atoms with Crippen molar-refractivity contribution in [1.82, 2.24) is 0 Å². The molecule has 0 spiro atoms. The lowest BCUT2D eigenvalue weighted by atomic mass is 9.96. The summed E-state index contributed by atoms with van der Waals surface area (Å²) in [5.41, 5.74) is 26.9. The van der Waals surface area contributed by atoms with E-state index in [0.717, 1.165) is 100 Å². The third-order valence-corrected chi connectivity index (χ3v) is 22.7. The number of furan rings is 2. The molecule has 0 saturated heterocycles. The summed E-state index contributed by atoms with van der Waals surface area (Å²) in [7, 11) is 0. The van der Waals surface area contributed by atoms with Crippen LogP contribution in [0, 0.1) is 0 Å². The molecular formula is C110H72N2O2. The average Bonchev–Trinajstić information content (AvgIpc) is 1.35. The van der Waals surface area contributed by atoms with E-state index in [-0.39, 0.29) is 0 Å². The normalized spacial score (nSPS) is 11.5. The summed E-state index contributed by atoms with van der Waals surface area (Å²) in [5, 5.41) is 17.2. The molecule has 4 nitrogen and oxygen atoms in total. The maximum absolute atomic E-state index is 6.11. The lowest BCUT2D eigenvalue weighted by Crippen LogP contribution is -2.09. The molecule has 0 aliphatic heterocycles. The van der Waals surface area contributed by atoms with E-state index >= 15 is 0 Å². The van der Waals surface area contributed by atoms with Crippen molar-refractivity contribution < 1.29 is 8.83 Å². The molecule has 0 aliphatic rings. The fraction of sp³-hybridized carbons (Fsp3) is 0. The van der Waals surface area contributed by atoms with E-state index < -0.39 is 0 Å². The summed E-state index contributed by atoms with van der Waals surface area (Å²) in [6.45, 7) is 0. The second-order valence-electron chi connectivity index (χ2n) is 29.5. The van der Waals surface area contributed by atoms with Crippen molar-refractivity contribution in [2.24, 2.45) is 0 Å². The zero-order valence-corrected chi connectivity index (χ0v) is 62.3. The van der Waals surface area contributed by atoms with Gasteiger partial charge in [0.15, 0.2) is 0 Å². The molecule has 534 valence electrons. The maximum Gasteiger partial charge on any atom is 0.135 e. The van der Waals surface area contributed by atoms with Gasteiger partial charge in [-0.15, -0.1) is 0 Å². The van der Waals surface area contributed by atoms with Crippen LogP contribution in [0.3, 0.4) is 0 Å². The number of hydrogen-bond donors (Lipinski definition) is 0. The van der Waals surface area contributed by atoms with Crippen LogP contribution in [0.25, 0.3) is 176 Å². The third kappa shape index (κ3) is 12.7. The maximum atomic E-state index is 6.11. The predicted octanol–water partition coefficient (Wildman–Crippen LogP) is 31.5. The van der Waals surface area contributed by atoms with Crippen LogP contribution in [0.4, 0.5) is 34.1 Å². The van der Waals surface area contributed by atoms with Gasteiger partial charge in [-0.2, -0.15) is 0 Å². The number of anilines is 6. The van der Waals surface area contributed by atoms with Crippen LogP contribution in [0.1, 0.15) is 0 Å². The smallest absolute Gasteiger partial charge is 0.135 e. The molecule has 0 saturated carbocycles. The van der Waals surface area contributed by atoms with Crippen LogP contribution in [-0.2, 0) is 0 Å². The molecule has 2 aromatic heterocycles. The van der Waals surface area contributed by atoms with Crippen molar-refractivity contribution in [3.8, 4) is 77.9 Å². The Morgan fingerprint density at radius 3 is 0.781 bits per heavy atom. The Bertz CT molecular complexity index is 7350. The van der Waals surface area contributed by atoms with Crippen molar-refractivity contribution >= 4 is 132 Å². The monoisotopic (exact) mass is 1450 g/mol. The molecular weight excluding hydrogens is 1380 g/mol. The van der Waals surface area contributed by atoms with E-state index in [1.54, 1.807) is 0 Å². The van der Waals surface area contributed by atoms with Crippen LogP contribution >= 0.6 is 0 Å². The van der Waals surface area contributed by atoms with Crippen molar-refractivity contribution in [3.63, 3.8) is 0 Å². The van der Waals surface area contributed by atoms with Gasteiger partial charge in [-0.25, -0.2) is 0 Å². The Morgan fingerprint density at radius 2 is 0.360 bits per heavy atom.